The highest BCUT2D eigenvalue weighted by atomic mass is 15.2. The van der Waals surface area contributed by atoms with Gasteiger partial charge in [-0.1, -0.05) is 38.5 Å². The summed E-state index contributed by atoms with van der Waals surface area (Å²) in [4.78, 5) is 2.41. The van der Waals surface area contributed by atoms with E-state index < -0.39 is 0 Å². The highest BCUT2D eigenvalue weighted by Crippen LogP contribution is 2.12. The molecule has 2 fully saturated rings. The molecule has 20 heavy (non-hydrogen) atoms. The zero-order chi connectivity index (χ0) is 14.5. The quantitative estimate of drug-likeness (QED) is 0.826. The standard InChI is InChI=1S/C10H14N2.C5H11N.C2H6/c1-2-4-10(5-3-1)12-8-6-11-7-9-12;1-2-4-6-5-3-1;1-2/h1-5,11H,6-9H2;6H,1-5H2;1-2H3. The maximum atomic E-state index is 3.34. The Kier molecular flexibility index (Phi) is 9.98. The van der Waals surface area contributed by atoms with Crippen molar-refractivity contribution in [2.24, 2.45) is 0 Å². The number of anilines is 1. The molecule has 1 aromatic rings. The van der Waals surface area contributed by atoms with E-state index in [1.165, 1.54) is 38.0 Å². The first kappa shape index (κ1) is 17.0. The summed E-state index contributed by atoms with van der Waals surface area (Å²) >= 11 is 0. The fourth-order valence-corrected chi connectivity index (χ4v) is 2.36. The minimum Gasteiger partial charge on any atom is -0.369 e. The third-order valence-corrected chi connectivity index (χ3v) is 3.45. The fourth-order valence-electron chi connectivity index (χ4n) is 2.36. The van der Waals surface area contributed by atoms with E-state index >= 15 is 0 Å². The van der Waals surface area contributed by atoms with Crippen LogP contribution in [-0.2, 0) is 0 Å². The molecule has 3 nitrogen and oxygen atoms in total. The van der Waals surface area contributed by atoms with Crippen LogP contribution >= 0.6 is 0 Å². The zero-order valence-electron chi connectivity index (χ0n) is 13.2. The van der Waals surface area contributed by atoms with E-state index in [1.54, 1.807) is 0 Å². The van der Waals surface area contributed by atoms with Gasteiger partial charge in [-0.05, 0) is 38.1 Å². The Morgan fingerprint density at radius 1 is 0.750 bits per heavy atom. The van der Waals surface area contributed by atoms with Crippen LogP contribution in [0.2, 0.25) is 0 Å². The highest BCUT2D eigenvalue weighted by Gasteiger charge is 2.08. The summed E-state index contributed by atoms with van der Waals surface area (Å²) < 4.78 is 0. The summed E-state index contributed by atoms with van der Waals surface area (Å²) in [6.07, 6.45) is 4.22. The van der Waals surface area contributed by atoms with Gasteiger partial charge in [0.2, 0.25) is 0 Å². The van der Waals surface area contributed by atoms with E-state index in [9.17, 15) is 0 Å². The number of piperidine rings is 1. The van der Waals surface area contributed by atoms with Gasteiger partial charge in [-0.25, -0.2) is 0 Å². The topological polar surface area (TPSA) is 27.3 Å². The lowest BCUT2D eigenvalue weighted by atomic mass is 10.2. The van der Waals surface area contributed by atoms with Gasteiger partial charge in [0, 0.05) is 31.9 Å². The van der Waals surface area contributed by atoms with Crippen molar-refractivity contribution >= 4 is 5.69 Å². The Morgan fingerprint density at radius 2 is 1.30 bits per heavy atom. The molecule has 0 aliphatic carbocycles. The van der Waals surface area contributed by atoms with E-state index in [1.807, 2.05) is 13.8 Å². The Labute approximate surface area is 124 Å². The molecule has 2 N–H and O–H groups in total. The second-order valence-corrected chi connectivity index (χ2v) is 4.88. The monoisotopic (exact) mass is 277 g/mol. The first-order valence-corrected chi connectivity index (χ1v) is 8.18. The van der Waals surface area contributed by atoms with Gasteiger partial charge in [-0.15, -0.1) is 0 Å². The lowest BCUT2D eigenvalue weighted by Crippen LogP contribution is -2.43. The maximum absolute atomic E-state index is 3.34. The molecule has 1 aromatic carbocycles. The lowest BCUT2D eigenvalue weighted by Gasteiger charge is -2.29. The van der Waals surface area contributed by atoms with E-state index in [4.69, 9.17) is 0 Å². The largest absolute Gasteiger partial charge is 0.369 e. The third-order valence-electron chi connectivity index (χ3n) is 3.45. The summed E-state index contributed by atoms with van der Waals surface area (Å²) in [6, 6.07) is 10.6. The molecule has 3 heteroatoms. The molecule has 0 radical (unpaired) electrons. The molecular formula is C17H31N3. The van der Waals surface area contributed by atoms with Crippen molar-refractivity contribution in [3.05, 3.63) is 30.3 Å². The Balaban J connectivity index is 0.000000211. The van der Waals surface area contributed by atoms with Crippen LogP contribution in [0.15, 0.2) is 30.3 Å². The molecule has 2 saturated heterocycles. The zero-order valence-corrected chi connectivity index (χ0v) is 13.2. The molecule has 2 heterocycles. The number of nitrogens with zero attached hydrogens (tertiary/aromatic N) is 1. The summed E-state index contributed by atoms with van der Waals surface area (Å²) in [5.41, 5.74) is 1.35. The molecule has 0 saturated carbocycles. The van der Waals surface area contributed by atoms with Crippen molar-refractivity contribution in [2.75, 3.05) is 44.2 Å². The van der Waals surface area contributed by atoms with Crippen LogP contribution in [-0.4, -0.2) is 39.3 Å². The van der Waals surface area contributed by atoms with E-state index in [2.05, 4.69) is 45.9 Å². The normalized spacial score (nSPS) is 18.2. The smallest absolute Gasteiger partial charge is 0.0367 e. The number of nitrogens with one attached hydrogen (secondary N) is 2. The Hall–Kier alpha value is -1.06. The predicted octanol–water partition coefficient (Wildman–Crippen LogP) is 2.88. The SMILES string of the molecule is C1CCNCC1.CC.c1ccc(N2CCNCC2)cc1. The Morgan fingerprint density at radius 3 is 1.75 bits per heavy atom. The van der Waals surface area contributed by atoms with Crippen molar-refractivity contribution in [2.45, 2.75) is 33.1 Å². The number of para-hydroxylation sites is 1. The van der Waals surface area contributed by atoms with Crippen LogP contribution in [0.3, 0.4) is 0 Å². The fraction of sp³-hybridized carbons (Fsp3) is 0.647. The molecule has 0 bridgehead atoms. The molecule has 0 aromatic heterocycles. The van der Waals surface area contributed by atoms with Crippen LogP contribution in [0, 0.1) is 0 Å². The molecule has 0 unspecified atom stereocenters. The molecule has 2 aliphatic rings. The van der Waals surface area contributed by atoms with E-state index in [0.717, 1.165) is 26.2 Å². The van der Waals surface area contributed by atoms with Gasteiger partial charge in [0.15, 0.2) is 0 Å². The molecule has 2 aliphatic heterocycles. The summed E-state index contributed by atoms with van der Waals surface area (Å²) in [7, 11) is 0. The van der Waals surface area contributed by atoms with Crippen molar-refractivity contribution in [1.29, 1.82) is 0 Å². The van der Waals surface area contributed by atoms with Crippen LogP contribution in [0.25, 0.3) is 0 Å². The molecule has 0 amide bonds. The average molecular weight is 277 g/mol. The maximum Gasteiger partial charge on any atom is 0.0367 e. The molecular weight excluding hydrogens is 246 g/mol. The predicted molar refractivity (Wildman–Crippen MR) is 89.6 cm³/mol. The number of benzene rings is 1. The summed E-state index contributed by atoms with van der Waals surface area (Å²) in [6.45, 7) is 11.0. The minimum absolute atomic E-state index is 1.11. The second-order valence-electron chi connectivity index (χ2n) is 4.88. The van der Waals surface area contributed by atoms with Crippen LogP contribution in [0.4, 0.5) is 5.69 Å². The van der Waals surface area contributed by atoms with Gasteiger partial charge in [-0.3, -0.25) is 0 Å². The van der Waals surface area contributed by atoms with Crippen molar-refractivity contribution in [1.82, 2.24) is 10.6 Å². The number of rotatable bonds is 1. The second kappa shape index (κ2) is 11.7. The highest BCUT2D eigenvalue weighted by molar-refractivity contribution is 5.46. The van der Waals surface area contributed by atoms with E-state index in [-0.39, 0.29) is 0 Å². The summed E-state index contributed by atoms with van der Waals surface area (Å²) in [5.74, 6) is 0. The first-order chi connectivity index (χ1) is 9.97. The molecule has 3 rings (SSSR count). The third kappa shape index (κ3) is 6.92. The first-order valence-electron chi connectivity index (χ1n) is 8.18. The number of piperazine rings is 1. The minimum atomic E-state index is 1.11. The van der Waals surface area contributed by atoms with Gasteiger partial charge >= 0.3 is 0 Å². The van der Waals surface area contributed by atoms with Gasteiger partial charge < -0.3 is 15.5 Å². The van der Waals surface area contributed by atoms with Gasteiger partial charge in [0.1, 0.15) is 0 Å². The number of hydrogen-bond donors (Lipinski definition) is 2. The molecule has 0 atom stereocenters. The van der Waals surface area contributed by atoms with Gasteiger partial charge in [-0.2, -0.15) is 0 Å². The average Bonchev–Trinajstić information content (AvgIpc) is 2.60. The molecule has 0 spiro atoms. The van der Waals surface area contributed by atoms with Crippen molar-refractivity contribution < 1.29 is 0 Å². The van der Waals surface area contributed by atoms with Gasteiger partial charge in [0.05, 0.1) is 0 Å². The summed E-state index contributed by atoms with van der Waals surface area (Å²) in [5, 5.41) is 6.63. The lowest BCUT2D eigenvalue weighted by molar-refractivity contribution is 0.520. The van der Waals surface area contributed by atoms with Gasteiger partial charge in [0.25, 0.3) is 0 Å². The Bertz CT molecular complexity index is 292. The van der Waals surface area contributed by atoms with Crippen LogP contribution in [0.1, 0.15) is 33.1 Å². The molecule has 114 valence electrons. The van der Waals surface area contributed by atoms with E-state index in [0.29, 0.717) is 0 Å². The van der Waals surface area contributed by atoms with Crippen LogP contribution in [0.5, 0.6) is 0 Å². The van der Waals surface area contributed by atoms with Crippen LogP contribution < -0.4 is 15.5 Å². The number of hydrogen-bond acceptors (Lipinski definition) is 3. The van der Waals surface area contributed by atoms with Crippen molar-refractivity contribution in [3.63, 3.8) is 0 Å². The van der Waals surface area contributed by atoms with Crippen molar-refractivity contribution in [3.8, 4) is 0 Å².